The molecule has 1 aromatic heterocycles. The van der Waals surface area contributed by atoms with Crippen molar-refractivity contribution in [3.05, 3.63) is 35.7 Å². The first kappa shape index (κ1) is 15.2. The molecule has 0 aliphatic carbocycles. The standard InChI is InChI=1S/C15H21N3O3/c1-9(2)18-14(12(21-4)8-17-18)15(19)10-6-5-7-11(20-3)13(10)16/h5-9,15,19H,16H2,1-4H3. The van der Waals surface area contributed by atoms with Gasteiger partial charge in [-0.15, -0.1) is 0 Å². The number of methoxy groups -OCH3 is 2. The van der Waals surface area contributed by atoms with Crippen LogP contribution in [0.2, 0.25) is 0 Å². The van der Waals surface area contributed by atoms with Gasteiger partial charge in [0.15, 0.2) is 5.75 Å². The number of benzene rings is 1. The number of aliphatic hydroxyl groups is 1. The third-order valence-corrected chi connectivity index (χ3v) is 3.38. The Bertz CT molecular complexity index is 623. The molecule has 0 aliphatic rings. The van der Waals surface area contributed by atoms with E-state index in [1.165, 1.54) is 0 Å². The van der Waals surface area contributed by atoms with E-state index in [9.17, 15) is 5.11 Å². The number of nitrogen functional groups attached to an aromatic ring is 1. The molecule has 0 spiro atoms. The number of nitrogens with two attached hydrogens (primary N) is 1. The van der Waals surface area contributed by atoms with Gasteiger partial charge in [0.2, 0.25) is 0 Å². The largest absolute Gasteiger partial charge is 0.495 e. The average molecular weight is 291 g/mol. The molecule has 2 rings (SSSR count). The molecule has 0 amide bonds. The molecule has 6 heteroatoms. The summed E-state index contributed by atoms with van der Waals surface area (Å²) in [6, 6.07) is 5.39. The normalized spacial score (nSPS) is 12.5. The second kappa shape index (κ2) is 6.05. The molecule has 1 atom stereocenters. The highest BCUT2D eigenvalue weighted by molar-refractivity contribution is 5.60. The van der Waals surface area contributed by atoms with Crippen molar-refractivity contribution in [1.29, 1.82) is 0 Å². The van der Waals surface area contributed by atoms with E-state index < -0.39 is 6.10 Å². The lowest BCUT2D eigenvalue weighted by atomic mass is 10.0. The summed E-state index contributed by atoms with van der Waals surface area (Å²) < 4.78 is 12.2. The molecule has 1 unspecified atom stereocenters. The van der Waals surface area contributed by atoms with Gasteiger partial charge >= 0.3 is 0 Å². The molecule has 3 N–H and O–H groups in total. The van der Waals surface area contributed by atoms with Crippen molar-refractivity contribution in [3.8, 4) is 11.5 Å². The van der Waals surface area contributed by atoms with Crippen molar-refractivity contribution in [1.82, 2.24) is 9.78 Å². The number of aliphatic hydroxyl groups excluding tert-OH is 1. The number of nitrogens with zero attached hydrogens (tertiary/aromatic N) is 2. The number of anilines is 1. The number of aromatic nitrogens is 2. The van der Waals surface area contributed by atoms with E-state index in [0.717, 1.165) is 0 Å². The summed E-state index contributed by atoms with van der Waals surface area (Å²) in [6.07, 6.45) is 0.648. The summed E-state index contributed by atoms with van der Waals surface area (Å²) in [5.41, 5.74) is 7.61. The van der Waals surface area contributed by atoms with Crippen LogP contribution < -0.4 is 15.2 Å². The third kappa shape index (κ3) is 2.67. The zero-order valence-corrected chi connectivity index (χ0v) is 12.7. The minimum atomic E-state index is -0.944. The molecule has 0 fully saturated rings. The van der Waals surface area contributed by atoms with Crippen molar-refractivity contribution in [3.63, 3.8) is 0 Å². The SMILES string of the molecule is COc1cccc(C(O)c2c(OC)cnn2C(C)C)c1N. The van der Waals surface area contributed by atoms with Crippen LogP contribution in [0.25, 0.3) is 0 Å². The molecule has 2 aromatic rings. The molecule has 0 bridgehead atoms. The van der Waals surface area contributed by atoms with Crippen molar-refractivity contribution >= 4 is 5.69 Å². The number of ether oxygens (including phenoxy) is 2. The lowest BCUT2D eigenvalue weighted by Crippen LogP contribution is -2.14. The maximum atomic E-state index is 10.7. The fraction of sp³-hybridized carbons (Fsp3) is 0.400. The van der Waals surface area contributed by atoms with Gasteiger partial charge in [0.1, 0.15) is 17.5 Å². The predicted octanol–water partition coefficient (Wildman–Crippen LogP) is 2.15. The van der Waals surface area contributed by atoms with Crippen LogP contribution in [-0.2, 0) is 0 Å². The number of rotatable bonds is 5. The maximum Gasteiger partial charge on any atom is 0.163 e. The minimum Gasteiger partial charge on any atom is -0.495 e. The fourth-order valence-electron chi connectivity index (χ4n) is 2.31. The quantitative estimate of drug-likeness (QED) is 0.825. The smallest absolute Gasteiger partial charge is 0.163 e. The topological polar surface area (TPSA) is 82.5 Å². The Morgan fingerprint density at radius 1 is 1.19 bits per heavy atom. The minimum absolute atomic E-state index is 0.0883. The lowest BCUT2D eigenvalue weighted by Gasteiger charge is -2.19. The van der Waals surface area contributed by atoms with E-state index in [-0.39, 0.29) is 6.04 Å². The molecule has 0 aliphatic heterocycles. The van der Waals surface area contributed by atoms with Crippen LogP contribution in [0.4, 0.5) is 5.69 Å². The molecule has 114 valence electrons. The summed E-state index contributed by atoms with van der Waals surface area (Å²) in [5.74, 6) is 1.06. The molecule has 1 heterocycles. The van der Waals surface area contributed by atoms with Gasteiger partial charge in [-0.3, -0.25) is 4.68 Å². The van der Waals surface area contributed by atoms with Crippen molar-refractivity contribution in [2.75, 3.05) is 20.0 Å². The third-order valence-electron chi connectivity index (χ3n) is 3.38. The molecule has 21 heavy (non-hydrogen) atoms. The first-order valence-electron chi connectivity index (χ1n) is 6.73. The van der Waals surface area contributed by atoms with Crippen LogP contribution in [0.3, 0.4) is 0 Å². The van der Waals surface area contributed by atoms with E-state index in [1.54, 1.807) is 43.3 Å². The maximum absolute atomic E-state index is 10.7. The van der Waals surface area contributed by atoms with Gasteiger partial charge in [0, 0.05) is 11.6 Å². The Kier molecular flexibility index (Phi) is 4.37. The van der Waals surface area contributed by atoms with Crippen LogP contribution >= 0.6 is 0 Å². The Balaban J connectivity index is 2.54. The zero-order valence-electron chi connectivity index (χ0n) is 12.7. The fourth-order valence-corrected chi connectivity index (χ4v) is 2.31. The second-order valence-electron chi connectivity index (χ2n) is 5.00. The molecule has 0 saturated heterocycles. The van der Waals surface area contributed by atoms with Gasteiger partial charge in [0.05, 0.1) is 26.1 Å². The van der Waals surface area contributed by atoms with Crippen LogP contribution in [0.5, 0.6) is 11.5 Å². The Morgan fingerprint density at radius 2 is 1.86 bits per heavy atom. The predicted molar refractivity (Wildman–Crippen MR) is 80.6 cm³/mol. The average Bonchev–Trinajstić information content (AvgIpc) is 2.90. The van der Waals surface area contributed by atoms with E-state index >= 15 is 0 Å². The van der Waals surface area contributed by atoms with Gasteiger partial charge < -0.3 is 20.3 Å². The van der Waals surface area contributed by atoms with Crippen molar-refractivity contribution < 1.29 is 14.6 Å². The van der Waals surface area contributed by atoms with Crippen LogP contribution in [-0.4, -0.2) is 29.1 Å². The second-order valence-corrected chi connectivity index (χ2v) is 5.00. The summed E-state index contributed by atoms with van der Waals surface area (Å²) in [7, 11) is 3.09. The van der Waals surface area contributed by atoms with Gasteiger partial charge in [0.25, 0.3) is 0 Å². The Hall–Kier alpha value is -2.21. The highest BCUT2D eigenvalue weighted by atomic mass is 16.5. The molecule has 0 saturated carbocycles. The van der Waals surface area contributed by atoms with Crippen molar-refractivity contribution in [2.24, 2.45) is 0 Å². The summed E-state index contributed by atoms with van der Waals surface area (Å²) in [6.45, 7) is 3.97. The first-order valence-corrected chi connectivity index (χ1v) is 6.73. The lowest BCUT2D eigenvalue weighted by molar-refractivity contribution is 0.200. The Morgan fingerprint density at radius 3 is 2.43 bits per heavy atom. The molecular formula is C15H21N3O3. The van der Waals surface area contributed by atoms with Crippen LogP contribution in [0.15, 0.2) is 24.4 Å². The van der Waals surface area contributed by atoms with Gasteiger partial charge in [-0.1, -0.05) is 12.1 Å². The highest BCUT2D eigenvalue weighted by Gasteiger charge is 2.25. The van der Waals surface area contributed by atoms with Gasteiger partial charge in [-0.2, -0.15) is 5.10 Å². The molecule has 0 radical (unpaired) electrons. The summed E-state index contributed by atoms with van der Waals surface area (Å²) >= 11 is 0. The van der Waals surface area contributed by atoms with Crippen LogP contribution in [0, 0.1) is 0 Å². The summed E-state index contributed by atoms with van der Waals surface area (Å²) in [5, 5.41) is 15.0. The van der Waals surface area contributed by atoms with Crippen LogP contribution in [0.1, 0.15) is 37.3 Å². The molecule has 1 aromatic carbocycles. The van der Waals surface area contributed by atoms with E-state index in [4.69, 9.17) is 15.2 Å². The molecule has 6 nitrogen and oxygen atoms in total. The first-order chi connectivity index (χ1) is 10.0. The number of hydrogen-bond acceptors (Lipinski definition) is 5. The highest BCUT2D eigenvalue weighted by Crippen LogP contribution is 2.37. The number of hydrogen-bond donors (Lipinski definition) is 2. The van der Waals surface area contributed by atoms with Gasteiger partial charge in [-0.05, 0) is 19.9 Å². The Labute approximate surface area is 124 Å². The molecular weight excluding hydrogens is 270 g/mol. The van der Waals surface area contributed by atoms with E-state index in [0.29, 0.717) is 28.4 Å². The zero-order chi connectivity index (χ0) is 15.6. The van der Waals surface area contributed by atoms with E-state index in [1.807, 2.05) is 13.8 Å². The van der Waals surface area contributed by atoms with E-state index in [2.05, 4.69) is 5.10 Å². The van der Waals surface area contributed by atoms with Crippen molar-refractivity contribution in [2.45, 2.75) is 26.0 Å². The monoisotopic (exact) mass is 291 g/mol. The van der Waals surface area contributed by atoms with Gasteiger partial charge in [-0.25, -0.2) is 0 Å². The number of para-hydroxylation sites is 1. The summed E-state index contributed by atoms with van der Waals surface area (Å²) in [4.78, 5) is 0.